The van der Waals surface area contributed by atoms with Crippen LogP contribution in [0.25, 0.3) is 0 Å². The van der Waals surface area contributed by atoms with Crippen molar-refractivity contribution in [3.05, 3.63) is 12.3 Å². The maximum absolute atomic E-state index is 3.71. The Morgan fingerprint density at radius 2 is 2.83 bits per heavy atom. The smallest absolute Gasteiger partial charge is 0.0858 e. The Hall–Kier alpha value is -0.240. The average molecular weight is 98.1 g/mol. The molecule has 0 atom stereocenters. The topological polar surface area (TPSA) is 12.4 Å². The highest BCUT2D eigenvalue weighted by molar-refractivity contribution is 8.12. The van der Waals surface area contributed by atoms with Crippen LogP contribution in [0.4, 0.5) is 0 Å². The Balaban J connectivity index is 2.46. The van der Waals surface area contributed by atoms with Gasteiger partial charge in [-0.1, -0.05) is 0 Å². The molecule has 0 bridgehead atoms. The van der Waals surface area contributed by atoms with Crippen molar-refractivity contribution < 1.29 is 0 Å². The van der Waals surface area contributed by atoms with Crippen LogP contribution in [-0.2, 0) is 0 Å². The molecule has 0 aromatic rings. The molecule has 1 rings (SSSR count). The number of hydrogen-bond acceptors (Lipinski definition) is 2. The summed E-state index contributed by atoms with van der Waals surface area (Å²) in [5, 5.41) is 0. The van der Waals surface area contributed by atoms with Crippen LogP contribution < -0.4 is 0 Å². The highest BCUT2D eigenvalue weighted by Gasteiger charge is 1.79. The number of rotatable bonds is 0. The van der Waals surface area contributed by atoms with Crippen LogP contribution in [0.1, 0.15) is 0 Å². The largest absolute Gasteiger partial charge is 0.248 e. The van der Waals surface area contributed by atoms with Crippen LogP contribution in [0, 0.1) is 6.20 Å². The Morgan fingerprint density at radius 3 is 3.00 bits per heavy atom. The molecule has 0 unspecified atom stereocenters. The van der Waals surface area contributed by atoms with Crippen LogP contribution in [0.3, 0.4) is 0 Å². The summed E-state index contributed by atoms with van der Waals surface area (Å²) < 4.78 is 0. The van der Waals surface area contributed by atoms with Gasteiger partial charge in [0.15, 0.2) is 0 Å². The molecule has 31 valence electrons. The zero-order valence-corrected chi connectivity index (χ0v) is 4.03. The summed E-state index contributed by atoms with van der Waals surface area (Å²) >= 11 is 1.69. The highest BCUT2D eigenvalue weighted by Crippen LogP contribution is 1.98. The van der Waals surface area contributed by atoms with Crippen LogP contribution in [0.5, 0.6) is 0 Å². The van der Waals surface area contributed by atoms with Gasteiger partial charge in [0.25, 0.3) is 0 Å². The summed E-state index contributed by atoms with van der Waals surface area (Å²) in [5.41, 5.74) is 1.79. The monoisotopic (exact) mass is 98.0 g/mol. The molecule has 0 amide bonds. The zero-order valence-electron chi connectivity index (χ0n) is 3.22. The Kier molecular flexibility index (Phi) is 1.33. The minimum absolute atomic E-state index is 1.03. The van der Waals surface area contributed by atoms with Crippen molar-refractivity contribution in [2.75, 3.05) is 5.75 Å². The molecule has 1 nitrogen and oxygen atoms in total. The molecule has 1 radical (unpaired) electrons. The second-order valence-electron chi connectivity index (χ2n) is 0.901. The normalized spacial score (nSPS) is 18.7. The van der Waals surface area contributed by atoms with Crippen molar-refractivity contribution in [3.8, 4) is 0 Å². The summed E-state index contributed by atoms with van der Waals surface area (Å²) in [7, 11) is 0. The predicted molar refractivity (Wildman–Crippen MR) is 28.8 cm³/mol. The fourth-order valence-corrected chi connectivity index (χ4v) is 0.641. The van der Waals surface area contributed by atoms with Crippen molar-refractivity contribution >= 4 is 17.3 Å². The van der Waals surface area contributed by atoms with Gasteiger partial charge in [-0.3, -0.25) is 0 Å². The molecule has 1 heterocycles. The fraction of sp³-hybridized carbons (Fsp3) is 0.250. The lowest BCUT2D eigenvalue weighted by molar-refractivity contribution is 1.48. The summed E-state index contributed by atoms with van der Waals surface area (Å²) in [6.07, 6.45) is 4.62. The first-order valence-corrected chi connectivity index (χ1v) is 2.75. The van der Waals surface area contributed by atoms with Gasteiger partial charge in [-0.05, 0) is 6.08 Å². The van der Waals surface area contributed by atoms with Gasteiger partial charge in [-0.2, -0.15) is 0 Å². The van der Waals surface area contributed by atoms with Gasteiger partial charge >= 0.3 is 0 Å². The predicted octanol–water partition coefficient (Wildman–Crippen LogP) is 1.08. The molecule has 0 saturated heterocycles. The van der Waals surface area contributed by atoms with E-state index in [1.54, 1.807) is 17.3 Å². The van der Waals surface area contributed by atoms with Gasteiger partial charge in [0.1, 0.15) is 0 Å². The van der Waals surface area contributed by atoms with Crippen LogP contribution in [0.15, 0.2) is 11.1 Å². The molecule has 1 aliphatic rings. The van der Waals surface area contributed by atoms with Gasteiger partial charge in [-0.15, -0.1) is 11.8 Å². The van der Waals surface area contributed by atoms with Crippen LogP contribution in [0.2, 0.25) is 0 Å². The molecular weight excluding hydrogens is 94.1 g/mol. The molecular formula is C4H4NS. The van der Waals surface area contributed by atoms with E-state index < -0.39 is 0 Å². The average Bonchev–Trinajstić information content (AvgIpc) is 1.72. The maximum atomic E-state index is 3.71. The molecule has 0 aromatic heterocycles. The first-order valence-electron chi connectivity index (χ1n) is 1.70. The van der Waals surface area contributed by atoms with Crippen molar-refractivity contribution in [1.82, 2.24) is 0 Å². The van der Waals surface area contributed by atoms with Gasteiger partial charge in [0, 0.05) is 5.75 Å². The van der Waals surface area contributed by atoms with E-state index >= 15 is 0 Å². The van der Waals surface area contributed by atoms with Gasteiger partial charge in [0.05, 0.1) is 11.7 Å². The maximum Gasteiger partial charge on any atom is 0.0858 e. The van der Waals surface area contributed by atoms with E-state index in [9.17, 15) is 0 Å². The number of aliphatic imine (C=N–C) groups is 1. The summed E-state index contributed by atoms with van der Waals surface area (Å²) in [5.74, 6) is 1.03. The van der Waals surface area contributed by atoms with E-state index in [0.717, 1.165) is 5.75 Å². The minimum Gasteiger partial charge on any atom is -0.248 e. The molecule has 2 heteroatoms. The Bertz CT molecular complexity index is 73.5. The summed E-state index contributed by atoms with van der Waals surface area (Å²) in [6.45, 7) is 0. The molecule has 0 N–H and O–H groups in total. The number of thioether (sulfide) groups is 1. The molecule has 0 aromatic carbocycles. The van der Waals surface area contributed by atoms with E-state index in [1.165, 1.54) is 0 Å². The molecule has 6 heavy (non-hydrogen) atoms. The molecule has 0 fully saturated rings. The third-order valence-corrected chi connectivity index (χ3v) is 1.09. The first-order chi connectivity index (χ1) is 3.00. The highest BCUT2D eigenvalue weighted by atomic mass is 32.2. The van der Waals surface area contributed by atoms with Crippen molar-refractivity contribution in [3.63, 3.8) is 0 Å². The quantitative estimate of drug-likeness (QED) is 0.441. The second-order valence-corrected chi connectivity index (χ2v) is 1.78. The summed E-state index contributed by atoms with van der Waals surface area (Å²) in [6, 6.07) is 0. The molecule has 0 aliphatic carbocycles. The molecule has 1 aliphatic heterocycles. The SMILES string of the molecule is [C]1=CCSC=N1. The van der Waals surface area contributed by atoms with E-state index in [-0.39, 0.29) is 0 Å². The second kappa shape index (κ2) is 2.03. The third kappa shape index (κ3) is 0.863. The van der Waals surface area contributed by atoms with Gasteiger partial charge < -0.3 is 0 Å². The lowest BCUT2D eigenvalue weighted by Gasteiger charge is -1.86. The van der Waals surface area contributed by atoms with Gasteiger partial charge in [-0.25, -0.2) is 4.99 Å². The van der Waals surface area contributed by atoms with Gasteiger partial charge in [0.2, 0.25) is 0 Å². The third-order valence-electron chi connectivity index (χ3n) is 0.473. The first kappa shape index (κ1) is 3.93. The van der Waals surface area contributed by atoms with E-state index in [1.807, 2.05) is 6.08 Å². The zero-order chi connectivity index (χ0) is 4.24. The number of hydrogen-bond donors (Lipinski definition) is 0. The van der Waals surface area contributed by atoms with Crippen molar-refractivity contribution in [1.29, 1.82) is 0 Å². The number of nitrogens with zero attached hydrogens (tertiary/aromatic N) is 1. The van der Waals surface area contributed by atoms with E-state index in [4.69, 9.17) is 0 Å². The minimum atomic E-state index is 1.03. The lowest BCUT2D eigenvalue weighted by atomic mass is 10.7. The van der Waals surface area contributed by atoms with Crippen molar-refractivity contribution in [2.24, 2.45) is 4.99 Å². The summed E-state index contributed by atoms with van der Waals surface area (Å²) in [4.78, 5) is 3.71. The Morgan fingerprint density at radius 1 is 1.83 bits per heavy atom. The fourth-order valence-electron chi connectivity index (χ4n) is 0.249. The Labute approximate surface area is 41.2 Å². The molecule has 0 saturated carbocycles. The molecule has 0 spiro atoms. The van der Waals surface area contributed by atoms with Crippen LogP contribution in [-0.4, -0.2) is 11.3 Å². The van der Waals surface area contributed by atoms with Crippen molar-refractivity contribution in [2.45, 2.75) is 0 Å². The lowest BCUT2D eigenvalue weighted by Crippen LogP contribution is -1.74. The van der Waals surface area contributed by atoms with E-state index in [2.05, 4.69) is 11.2 Å². The van der Waals surface area contributed by atoms with E-state index in [0.29, 0.717) is 0 Å². The standard InChI is InChI=1S/C4H4NS/c1-2-5-4-6-3-1/h1,4H,3H2. The van der Waals surface area contributed by atoms with Crippen LogP contribution >= 0.6 is 11.8 Å².